The Morgan fingerprint density at radius 2 is 1.23 bits per heavy atom. The van der Waals surface area contributed by atoms with Crippen LogP contribution in [-0.2, 0) is 25.6 Å². The fourth-order valence-electron chi connectivity index (χ4n) is 4.79. The van der Waals surface area contributed by atoms with Crippen molar-refractivity contribution in [1.82, 2.24) is 19.6 Å². The van der Waals surface area contributed by atoms with E-state index in [4.69, 9.17) is 0 Å². The molecule has 0 bridgehead atoms. The average molecular weight is 552 g/mol. The number of carboxylic acids is 4. The summed E-state index contributed by atoms with van der Waals surface area (Å²) < 4.78 is 0. The molecule has 0 aliphatic carbocycles. The molecule has 2 rings (SSSR count). The fourth-order valence-corrected chi connectivity index (χ4v) is 4.79. The summed E-state index contributed by atoms with van der Waals surface area (Å²) >= 11 is 0. The molecule has 0 spiro atoms. The number of carboxylic acid groups (broad SMARTS) is 4. The number of benzene rings is 1. The Hall–Kier alpha value is -3.26. The lowest BCUT2D eigenvalue weighted by molar-refractivity contribution is -0.143. The summed E-state index contributed by atoms with van der Waals surface area (Å²) in [6.45, 7) is 1.88. The van der Waals surface area contributed by atoms with Crippen molar-refractivity contribution < 1.29 is 39.6 Å². The van der Waals surface area contributed by atoms with Gasteiger partial charge in [-0.05, 0) is 37.0 Å². The number of hydrogen-bond donors (Lipinski definition) is 5. The van der Waals surface area contributed by atoms with Crippen LogP contribution in [0, 0.1) is 0 Å². The van der Waals surface area contributed by atoms with Crippen LogP contribution in [0.1, 0.15) is 18.4 Å². The van der Waals surface area contributed by atoms with Gasteiger partial charge < -0.3 is 25.7 Å². The third kappa shape index (κ3) is 12.9. The van der Waals surface area contributed by atoms with Crippen LogP contribution in [-0.4, -0.2) is 149 Å². The molecular weight excluding hydrogens is 510 g/mol. The number of hydrogen-bond acceptors (Lipinski definition) is 9. The quantitative estimate of drug-likeness (QED) is 0.186. The Labute approximate surface area is 228 Å². The molecule has 0 radical (unpaired) electrons. The zero-order valence-electron chi connectivity index (χ0n) is 22.5. The molecule has 1 saturated heterocycles. The van der Waals surface area contributed by atoms with Crippen LogP contribution in [0.25, 0.3) is 0 Å². The van der Waals surface area contributed by atoms with Gasteiger partial charge in [0.25, 0.3) is 0 Å². The molecule has 0 amide bonds. The molecule has 1 heterocycles. The predicted octanol–water partition coefficient (Wildman–Crippen LogP) is -0.0204. The monoisotopic (exact) mass is 551 g/mol. The number of rotatable bonds is 16. The Morgan fingerprint density at radius 3 is 1.64 bits per heavy atom. The smallest absolute Gasteiger partial charge is 0.317 e. The van der Waals surface area contributed by atoms with Crippen LogP contribution < -0.4 is 5.32 Å². The summed E-state index contributed by atoms with van der Waals surface area (Å²) in [5.74, 6) is -4.18. The molecule has 0 saturated carbocycles. The second-order valence-electron chi connectivity index (χ2n) is 9.83. The first kappa shape index (κ1) is 32.0. The summed E-state index contributed by atoms with van der Waals surface area (Å²) in [7, 11) is 1.84. The summed E-state index contributed by atoms with van der Waals surface area (Å²) in [5, 5.41) is 40.6. The number of aliphatic carboxylic acids is 4. The minimum atomic E-state index is -1.12. The fraction of sp³-hybridized carbons (Fsp3) is 0.615. The maximum Gasteiger partial charge on any atom is 0.317 e. The summed E-state index contributed by atoms with van der Waals surface area (Å²) in [6.07, 6.45) is 2.01. The molecule has 1 aliphatic heterocycles. The maximum atomic E-state index is 11.6. The molecular formula is C26H41N5O8. The maximum absolute atomic E-state index is 11.6. The molecule has 218 valence electrons. The Balaban J connectivity index is 2.19. The number of nitrogens with zero attached hydrogens (tertiary/aromatic N) is 4. The minimum absolute atomic E-state index is 0.172. The highest BCUT2D eigenvalue weighted by atomic mass is 16.4. The number of carbonyl (C=O) groups is 4. The molecule has 1 atom stereocenters. The van der Waals surface area contributed by atoms with Crippen molar-refractivity contribution in [1.29, 1.82) is 0 Å². The highest BCUT2D eigenvalue weighted by Crippen LogP contribution is 2.16. The SMILES string of the molecule is CNc1ccc(CCCC(CN2CCN(CC(=O)O)CCN(CC(=O)O)CC2)N(CC(=O)O)CC(=O)O)cc1. The molecule has 1 unspecified atom stereocenters. The first-order valence-electron chi connectivity index (χ1n) is 13.1. The van der Waals surface area contributed by atoms with Gasteiger partial charge in [-0.25, -0.2) is 0 Å². The van der Waals surface area contributed by atoms with E-state index in [2.05, 4.69) is 10.2 Å². The van der Waals surface area contributed by atoms with Gasteiger partial charge in [0, 0.05) is 64.6 Å². The van der Waals surface area contributed by atoms with Crippen LogP contribution >= 0.6 is 0 Å². The van der Waals surface area contributed by atoms with Gasteiger partial charge in [0.2, 0.25) is 0 Å². The Kier molecular flexibility index (Phi) is 13.6. The van der Waals surface area contributed by atoms with Gasteiger partial charge in [0.1, 0.15) is 0 Å². The van der Waals surface area contributed by atoms with Crippen LogP contribution in [0.2, 0.25) is 0 Å². The molecule has 1 fully saturated rings. The molecule has 0 aromatic heterocycles. The predicted molar refractivity (Wildman–Crippen MR) is 144 cm³/mol. The van der Waals surface area contributed by atoms with E-state index in [0.717, 1.165) is 17.7 Å². The van der Waals surface area contributed by atoms with Crippen LogP contribution in [0.4, 0.5) is 5.69 Å². The molecule has 13 nitrogen and oxygen atoms in total. The number of aryl methyl sites for hydroxylation is 1. The van der Waals surface area contributed by atoms with Gasteiger partial charge in [-0.15, -0.1) is 0 Å². The molecule has 1 aliphatic rings. The highest BCUT2D eigenvalue weighted by Gasteiger charge is 2.27. The largest absolute Gasteiger partial charge is 0.480 e. The molecule has 39 heavy (non-hydrogen) atoms. The van der Waals surface area contributed by atoms with E-state index in [1.807, 2.05) is 31.3 Å². The lowest BCUT2D eigenvalue weighted by Crippen LogP contribution is -2.50. The first-order chi connectivity index (χ1) is 18.5. The normalized spacial score (nSPS) is 16.7. The van der Waals surface area contributed by atoms with E-state index in [1.54, 1.807) is 9.80 Å². The van der Waals surface area contributed by atoms with E-state index in [1.165, 1.54) is 4.90 Å². The van der Waals surface area contributed by atoms with Gasteiger partial charge >= 0.3 is 23.9 Å². The number of nitrogens with one attached hydrogen (secondary N) is 1. The number of anilines is 1. The van der Waals surface area contributed by atoms with E-state index in [0.29, 0.717) is 58.7 Å². The second-order valence-corrected chi connectivity index (χ2v) is 9.83. The first-order valence-corrected chi connectivity index (χ1v) is 13.1. The summed E-state index contributed by atoms with van der Waals surface area (Å²) in [5.41, 5.74) is 2.11. The van der Waals surface area contributed by atoms with E-state index in [9.17, 15) is 39.6 Å². The zero-order chi connectivity index (χ0) is 28.8. The van der Waals surface area contributed by atoms with Crippen molar-refractivity contribution >= 4 is 29.6 Å². The summed E-state index contributed by atoms with van der Waals surface area (Å²) in [6, 6.07) is 7.60. The van der Waals surface area contributed by atoms with Gasteiger partial charge in [0.15, 0.2) is 0 Å². The topological polar surface area (TPSA) is 174 Å². The zero-order valence-corrected chi connectivity index (χ0v) is 22.5. The lowest BCUT2D eigenvalue weighted by atomic mass is 10.0. The molecule has 5 N–H and O–H groups in total. The Bertz CT molecular complexity index is 901. The van der Waals surface area contributed by atoms with Crippen molar-refractivity contribution in [2.45, 2.75) is 25.3 Å². The van der Waals surface area contributed by atoms with Gasteiger partial charge in [-0.2, -0.15) is 0 Å². The lowest BCUT2D eigenvalue weighted by Gasteiger charge is -2.35. The Morgan fingerprint density at radius 1 is 0.769 bits per heavy atom. The van der Waals surface area contributed by atoms with Crippen molar-refractivity contribution in [3.05, 3.63) is 29.8 Å². The van der Waals surface area contributed by atoms with E-state index in [-0.39, 0.29) is 19.1 Å². The molecule has 13 heteroatoms. The molecule has 1 aromatic rings. The van der Waals surface area contributed by atoms with Gasteiger partial charge in [0.05, 0.1) is 26.2 Å². The van der Waals surface area contributed by atoms with E-state index < -0.39 is 37.0 Å². The standard InChI is InChI=1S/C26H41N5O8/c1-27-21-7-5-20(6-8-21)3-2-4-22(31(18-25(36)37)19-26(38)39)15-28-9-11-29(16-23(32)33)13-14-30(12-10-28)17-24(34)35/h5-8,22,27H,2-4,9-19H2,1H3,(H,32,33)(H,34,35)(H,36,37)(H,38,39). The summed E-state index contributed by atoms with van der Waals surface area (Å²) in [4.78, 5) is 52.9. The minimum Gasteiger partial charge on any atom is -0.480 e. The van der Waals surface area contributed by atoms with Crippen molar-refractivity contribution in [2.75, 3.05) is 84.4 Å². The highest BCUT2D eigenvalue weighted by molar-refractivity contribution is 5.72. The van der Waals surface area contributed by atoms with Crippen LogP contribution in [0.15, 0.2) is 24.3 Å². The van der Waals surface area contributed by atoms with Gasteiger partial charge in [-0.3, -0.25) is 38.8 Å². The van der Waals surface area contributed by atoms with E-state index >= 15 is 0 Å². The van der Waals surface area contributed by atoms with Crippen molar-refractivity contribution in [3.8, 4) is 0 Å². The van der Waals surface area contributed by atoms with Crippen LogP contribution in [0.5, 0.6) is 0 Å². The van der Waals surface area contributed by atoms with Crippen LogP contribution in [0.3, 0.4) is 0 Å². The van der Waals surface area contributed by atoms with Gasteiger partial charge in [-0.1, -0.05) is 12.1 Å². The third-order valence-electron chi connectivity index (χ3n) is 6.82. The molecule has 1 aromatic carbocycles. The van der Waals surface area contributed by atoms with Crippen molar-refractivity contribution in [3.63, 3.8) is 0 Å². The second kappa shape index (κ2) is 16.6. The average Bonchev–Trinajstić information content (AvgIpc) is 2.94. The third-order valence-corrected chi connectivity index (χ3v) is 6.82. The van der Waals surface area contributed by atoms with Crippen molar-refractivity contribution in [2.24, 2.45) is 0 Å².